The van der Waals surface area contributed by atoms with Crippen molar-refractivity contribution in [2.45, 2.75) is 0 Å². The number of hydrogen-bond donors (Lipinski definition) is 0. The first-order valence-corrected chi connectivity index (χ1v) is 10.5. The maximum atomic E-state index is 5.03. The van der Waals surface area contributed by atoms with Gasteiger partial charge in [-0.25, -0.2) is 9.97 Å². The lowest BCUT2D eigenvalue weighted by Gasteiger charge is -2.33. The first-order chi connectivity index (χ1) is 13.8. The highest BCUT2D eigenvalue weighted by Gasteiger charge is 2.21. The number of hydrogen-bond acceptors (Lipinski definition) is 5. The number of piperazine rings is 1. The smallest absolute Gasteiger partial charge is 0.163 e. The van der Waals surface area contributed by atoms with Crippen LogP contribution in [0, 0.1) is 0 Å². The average molecular weight is 387 g/mol. The summed E-state index contributed by atoms with van der Waals surface area (Å²) in [5, 5.41) is 1.16. The summed E-state index contributed by atoms with van der Waals surface area (Å²) in [5.74, 6) is 1.87. The molecule has 2 aromatic heterocycles. The van der Waals surface area contributed by atoms with Crippen molar-refractivity contribution in [2.75, 3.05) is 38.1 Å². The average Bonchev–Trinajstić information content (AvgIpc) is 3.19. The van der Waals surface area contributed by atoms with Crippen molar-refractivity contribution >= 4 is 27.4 Å². The molecule has 0 radical (unpaired) electrons. The Kier molecular flexibility index (Phi) is 4.55. The van der Waals surface area contributed by atoms with Crippen LogP contribution in [0.1, 0.15) is 0 Å². The van der Waals surface area contributed by atoms with Gasteiger partial charge >= 0.3 is 0 Å². The molecule has 140 valence electrons. The third-order valence-electron chi connectivity index (χ3n) is 5.27. The molecule has 4 aromatic rings. The molecule has 28 heavy (non-hydrogen) atoms. The molecule has 4 nitrogen and oxygen atoms in total. The van der Waals surface area contributed by atoms with Crippen LogP contribution in [-0.4, -0.2) is 48.1 Å². The van der Waals surface area contributed by atoms with Crippen LogP contribution < -0.4 is 4.90 Å². The molecule has 0 spiro atoms. The standard InChI is InChI=1S/C23H22N4S/c1-26-12-14-27(15-13-26)22-19-16-20(17-8-4-2-5-9-17)28-23(19)25-21(24-22)18-10-6-3-7-11-18/h2-11,16H,12-15H2,1H3. The minimum Gasteiger partial charge on any atom is -0.353 e. The number of nitrogens with zero attached hydrogens (tertiary/aromatic N) is 4. The number of fused-ring (bicyclic) bond motifs is 1. The highest BCUT2D eigenvalue weighted by atomic mass is 32.1. The zero-order valence-electron chi connectivity index (χ0n) is 15.9. The summed E-state index contributed by atoms with van der Waals surface area (Å²) in [7, 11) is 2.18. The van der Waals surface area contributed by atoms with Gasteiger partial charge in [-0.15, -0.1) is 11.3 Å². The topological polar surface area (TPSA) is 32.3 Å². The highest BCUT2D eigenvalue weighted by Crippen LogP contribution is 2.38. The fourth-order valence-electron chi connectivity index (χ4n) is 3.63. The Morgan fingerprint density at radius 2 is 1.43 bits per heavy atom. The van der Waals surface area contributed by atoms with E-state index in [9.17, 15) is 0 Å². The van der Waals surface area contributed by atoms with Crippen LogP contribution >= 0.6 is 11.3 Å². The van der Waals surface area contributed by atoms with Crippen molar-refractivity contribution in [3.63, 3.8) is 0 Å². The number of rotatable bonds is 3. The molecular weight excluding hydrogens is 364 g/mol. The third-order valence-corrected chi connectivity index (χ3v) is 6.34. The van der Waals surface area contributed by atoms with Crippen LogP contribution in [0.2, 0.25) is 0 Å². The van der Waals surface area contributed by atoms with Crippen molar-refractivity contribution < 1.29 is 0 Å². The Labute approximate surface area is 169 Å². The van der Waals surface area contributed by atoms with E-state index in [2.05, 4.69) is 65.4 Å². The van der Waals surface area contributed by atoms with E-state index in [0.717, 1.165) is 53.6 Å². The monoisotopic (exact) mass is 386 g/mol. The van der Waals surface area contributed by atoms with Crippen LogP contribution in [0.3, 0.4) is 0 Å². The van der Waals surface area contributed by atoms with Crippen LogP contribution in [0.4, 0.5) is 5.82 Å². The fourth-order valence-corrected chi connectivity index (χ4v) is 4.66. The van der Waals surface area contributed by atoms with Crippen molar-refractivity contribution in [3.05, 3.63) is 66.7 Å². The molecule has 1 saturated heterocycles. The molecule has 5 heteroatoms. The van der Waals surface area contributed by atoms with Gasteiger partial charge in [0.1, 0.15) is 10.6 Å². The number of benzene rings is 2. The molecule has 1 aliphatic rings. The quantitative estimate of drug-likeness (QED) is 0.507. The summed E-state index contributed by atoms with van der Waals surface area (Å²) in [5.41, 5.74) is 2.30. The summed E-state index contributed by atoms with van der Waals surface area (Å²) in [6.45, 7) is 4.10. The first kappa shape index (κ1) is 17.3. The molecule has 0 aliphatic carbocycles. The Morgan fingerprint density at radius 1 is 0.786 bits per heavy atom. The molecule has 5 rings (SSSR count). The summed E-state index contributed by atoms with van der Waals surface area (Å²) in [6.07, 6.45) is 0. The molecule has 0 N–H and O–H groups in total. The lowest BCUT2D eigenvalue weighted by atomic mass is 10.1. The number of likely N-dealkylation sites (N-methyl/N-ethyl adjacent to an activating group) is 1. The number of aromatic nitrogens is 2. The molecule has 1 fully saturated rings. The van der Waals surface area contributed by atoms with Gasteiger partial charge < -0.3 is 9.80 Å². The maximum absolute atomic E-state index is 5.03. The Bertz CT molecular complexity index is 1080. The maximum Gasteiger partial charge on any atom is 0.163 e. The predicted octanol–water partition coefficient (Wildman–Crippen LogP) is 4.78. The molecular formula is C23H22N4S. The van der Waals surface area contributed by atoms with Gasteiger partial charge in [-0.3, -0.25) is 0 Å². The van der Waals surface area contributed by atoms with Crippen LogP contribution in [0.5, 0.6) is 0 Å². The largest absolute Gasteiger partial charge is 0.353 e. The second kappa shape index (κ2) is 7.34. The van der Waals surface area contributed by atoms with Crippen LogP contribution in [0.15, 0.2) is 66.7 Å². The second-order valence-corrected chi connectivity index (χ2v) is 8.25. The lowest BCUT2D eigenvalue weighted by Crippen LogP contribution is -2.44. The molecule has 0 atom stereocenters. The van der Waals surface area contributed by atoms with Crippen molar-refractivity contribution in [1.82, 2.24) is 14.9 Å². The predicted molar refractivity (Wildman–Crippen MR) is 118 cm³/mol. The van der Waals surface area contributed by atoms with Crippen molar-refractivity contribution in [1.29, 1.82) is 0 Å². The van der Waals surface area contributed by atoms with E-state index >= 15 is 0 Å². The van der Waals surface area contributed by atoms with E-state index in [4.69, 9.17) is 9.97 Å². The zero-order valence-corrected chi connectivity index (χ0v) is 16.7. The molecule has 3 heterocycles. The van der Waals surface area contributed by atoms with E-state index in [1.165, 1.54) is 10.4 Å². The minimum atomic E-state index is 0.809. The van der Waals surface area contributed by atoms with Crippen LogP contribution in [0.25, 0.3) is 32.0 Å². The van der Waals surface area contributed by atoms with Crippen LogP contribution in [-0.2, 0) is 0 Å². The summed E-state index contributed by atoms with van der Waals surface area (Å²) < 4.78 is 0. The molecule has 0 unspecified atom stereocenters. The van der Waals surface area contributed by atoms with Gasteiger partial charge in [-0.1, -0.05) is 60.7 Å². The van der Waals surface area contributed by atoms with E-state index < -0.39 is 0 Å². The van der Waals surface area contributed by atoms with Gasteiger partial charge in [-0.05, 0) is 18.7 Å². The van der Waals surface area contributed by atoms with E-state index in [-0.39, 0.29) is 0 Å². The Morgan fingerprint density at radius 3 is 2.11 bits per heavy atom. The normalized spacial score (nSPS) is 15.2. The van der Waals surface area contributed by atoms with E-state index in [1.54, 1.807) is 11.3 Å². The highest BCUT2D eigenvalue weighted by molar-refractivity contribution is 7.22. The minimum absolute atomic E-state index is 0.809. The number of anilines is 1. The SMILES string of the molecule is CN1CCN(c2nc(-c3ccccc3)nc3sc(-c4ccccc4)cc23)CC1. The van der Waals surface area contributed by atoms with Gasteiger partial charge in [-0.2, -0.15) is 0 Å². The van der Waals surface area contributed by atoms with Gasteiger partial charge in [0.15, 0.2) is 5.82 Å². The van der Waals surface area contributed by atoms with Gasteiger partial charge in [0, 0.05) is 36.6 Å². The van der Waals surface area contributed by atoms with Gasteiger partial charge in [0.05, 0.1) is 5.39 Å². The molecule has 1 aliphatic heterocycles. The van der Waals surface area contributed by atoms with Gasteiger partial charge in [0.2, 0.25) is 0 Å². The zero-order chi connectivity index (χ0) is 18.9. The fraction of sp³-hybridized carbons (Fsp3) is 0.217. The first-order valence-electron chi connectivity index (χ1n) is 9.64. The molecule has 2 aromatic carbocycles. The lowest BCUT2D eigenvalue weighted by molar-refractivity contribution is 0.312. The summed E-state index contributed by atoms with van der Waals surface area (Å²) in [4.78, 5) is 17.0. The molecule has 0 amide bonds. The Balaban J connectivity index is 1.67. The van der Waals surface area contributed by atoms with E-state index in [0.29, 0.717) is 0 Å². The third kappa shape index (κ3) is 3.28. The second-order valence-electron chi connectivity index (χ2n) is 7.22. The molecule has 0 bridgehead atoms. The number of thiophene rings is 1. The van der Waals surface area contributed by atoms with Crippen molar-refractivity contribution in [3.8, 4) is 21.8 Å². The molecule has 0 saturated carbocycles. The Hall–Kier alpha value is -2.76. The van der Waals surface area contributed by atoms with Crippen molar-refractivity contribution in [2.24, 2.45) is 0 Å². The summed E-state index contributed by atoms with van der Waals surface area (Å²) >= 11 is 1.75. The summed E-state index contributed by atoms with van der Waals surface area (Å²) in [6, 6.07) is 23.1. The van der Waals surface area contributed by atoms with Gasteiger partial charge in [0.25, 0.3) is 0 Å². The van der Waals surface area contributed by atoms with E-state index in [1.807, 2.05) is 18.2 Å².